The van der Waals surface area contributed by atoms with Crippen molar-refractivity contribution in [3.63, 3.8) is 0 Å². The smallest absolute Gasteiger partial charge is 0.274 e. The summed E-state index contributed by atoms with van der Waals surface area (Å²) < 4.78 is 5.25. The van der Waals surface area contributed by atoms with Crippen molar-refractivity contribution in [2.24, 2.45) is 0 Å². The van der Waals surface area contributed by atoms with Crippen molar-refractivity contribution < 1.29 is 9.53 Å². The molecule has 0 bridgehead atoms. The number of rotatable bonds is 6. The third kappa shape index (κ3) is 4.95. The molecular formula is C20H19ClN4O2. The number of aryl methyl sites for hydroxylation is 1. The highest BCUT2D eigenvalue weighted by Crippen LogP contribution is 2.28. The maximum absolute atomic E-state index is 12.6. The van der Waals surface area contributed by atoms with Gasteiger partial charge in [-0.05, 0) is 30.7 Å². The molecule has 0 atom stereocenters. The molecule has 0 radical (unpaired) electrons. The van der Waals surface area contributed by atoms with Crippen LogP contribution in [0.15, 0.2) is 54.6 Å². The van der Waals surface area contributed by atoms with E-state index in [9.17, 15) is 4.79 Å². The van der Waals surface area contributed by atoms with Gasteiger partial charge in [0, 0.05) is 17.6 Å². The lowest BCUT2D eigenvalue weighted by atomic mass is 10.2. The summed E-state index contributed by atoms with van der Waals surface area (Å²) in [4.78, 5) is 21.2. The van der Waals surface area contributed by atoms with Crippen molar-refractivity contribution in [1.29, 1.82) is 0 Å². The van der Waals surface area contributed by atoms with E-state index < -0.39 is 0 Å². The van der Waals surface area contributed by atoms with Crippen molar-refractivity contribution in [2.75, 3.05) is 17.7 Å². The summed E-state index contributed by atoms with van der Waals surface area (Å²) in [6.07, 6.45) is 0. The van der Waals surface area contributed by atoms with Gasteiger partial charge in [-0.2, -0.15) is 0 Å². The number of carbonyl (C=O) groups is 1. The maximum Gasteiger partial charge on any atom is 0.274 e. The number of amides is 1. The van der Waals surface area contributed by atoms with Crippen LogP contribution in [0.1, 0.15) is 21.9 Å². The maximum atomic E-state index is 12.6. The first-order valence-electron chi connectivity index (χ1n) is 8.33. The molecule has 1 amide bonds. The molecule has 7 heteroatoms. The molecule has 6 nitrogen and oxygen atoms in total. The molecule has 2 aromatic carbocycles. The van der Waals surface area contributed by atoms with E-state index >= 15 is 0 Å². The lowest BCUT2D eigenvalue weighted by Gasteiger charge is -2.12. The Hall–Kier alpha value is -3.12. The third-order valence-electron chi connectivity index (χ3n) is 3.80. The average molecular weight is 383 g/mol. The number of aromatic nitrogens is 2. The first-order valence-corrected chi connectivity index (χ1v) is 8.71. The van der Waals surface area contributed by atoms with Gasteiger partial charge in [-0.15, -0.1) is 0 Å². The molecule has 1 aromatic heterocycles. The van der Waals surface area contributed by atoms with Gasteiger partial charge in [0.15, 0.2) is 0 Å². The average Bonchev–Trinajstić information content (AvgIpc) is 2.67. The van der Waals surface area contributed by atoms with Gasteiger partial charge in [0.1, 0.15) is 23.1 Å². The van der Waals surface area contributed by atoms with Crippen LogP contribution >= 0.6 is 11.6 Å². The zero-order valence-corrected chi connectivity index (χ0v) is 15.7. The van der Waals surface area contributed by atoms with E-state index in [1.807, 2.05) is 30.3 Å². The molecule has 0 fully saturated rings. The van der Waals surface area contributed by atoms with E-state index in [2.05, 4.69) is 20.6 Å². The second kappa shape index (κ2) is 8.51. The number of carbonyl (C=O) groups excluding carboxylic acids is 1. The summed E-state index contributed by atoms with van der Waals surface area (Å²) in [5.74, 6) is 1.22. The van der Waals surface area contributed by atoms with E-state index in [0.29, 0.717) is 34.6 Å². The molecule has 0 aliphatic heterocycles. The van der Waals surface area contributed by atoms with Crippen LogP contribution in [0.4, 0.5) is 11.5 Å². The lowest BCUT2D eigenvalue weighted by Crippen LogP contribution is -2.16. The lowest BCUT2D eigenvalue weighted by molar-refractivity contribution is 0.102. The van der Waals surface area contributed by atoms with Crippen LogP contribution in [-0.2, 0) is 6.54 Å². The highest BCUT2D eigenvalue weighted by Gasteiger charge is 2.14. The molecule has 0 spiro atoms. The monoisotopic (exact) mass is 382 g/mol. The third-order valence-corrected chi connectivity index (χ3v) is 4.03. The molecule has 0 aliphatic carbocycles. The van der Waals surface area contributed by atoms with Crippen molar-refractivity contribution in [2.45, 2.75) is 13.5 Å². The van der Waals surface area contributed by atoms with Crippen LogP contribution in [-0.4, -0.2) is 23.0 Å². The molecule has 0 unspecified atom stereocenters. The number of ether oxygens (including phenoxy) is 1. The minimum Gasteiger partial charge on any atom is -0.495 e. The zero-order chi connectivity index (χ0) is 19.2. The summed E-state index contributed by atoms with van der Waals surface area (Å²) in [7, 11) is 1.53. The van der Waals surface area contributed by atoms with Gasteiger partial charge in [-0.1, -0.05) is 41.9 Å². The summed E-state index contributed by atoms with van der Waals surface area (Å²) in [6, 6.07) is 16.6. The standard InChI is InChI=1S/C20H19ClN4O2/c1-13-23-17(11-19(24-13)22-12-14-6-4-3-5-7-14)20(26)25-16-10-15(21)8-9-18(16)27-2/h3-11H,12H2,1-2H3,(H,25,26)(H,22,23,24). The highest BCUT2D eigenvalue weighted by atomic mass is 35.5. The molecule has 1 heterocycles. The van der Waals surface area contributed by atoms with Crippen LogP contribution in [0.25, 0.3) is 0 Å². The largest absolute Gasteiger partial charge is 0.495 e. The predicted molar refractivity (Wildman–Crippen MR) is 106 cm³/mol. The molecule has 2 N–H and O–H groups in total. The van der Waals surface area contributed by atoms with Crippen LogP contribution in [0, 0.1) is 6.92 Å². The molecule has 27 heavy (non-hydrogen) atoms. The summed E-state index contributed by atoms with van der Waals surface area (Å²) in [6.45, 7) is 2.34. The first kappa shape index (κ1) is 18.7. The van der Waals surface area contributed by atoms with E-state index in [1.165, 1.54) is 7.11 Å². The minimum atomic E-state index is -0.371. The first-order chi connectivity index (χ1) is 13.0. The van der Waals surface area contributed by atoms with Crippen molar-refractivity contribution >= 4 is 29.0 Å². The summed E-state index contributed by atoms with van der Waals surface area (Å²) in [5.41, 5.74) is 1.84. The second-order valence-corrected chi connectivity index (χ2v) is 6.26. The van der Waals surface area contributed by atoms with E-state index in [0.717, 1.165) is 5.56 Å². The number of nitrogens with one attached hydrogen (secondary N) is 2. The van der Waals surface area contributed by atoms with E-state index in [4.69, 9.17) is 16.3 Å². The fourth-order valence-corrected chi connectivity index (χ4v) is 2.70. The number of hydrogen-bond donors (Lipinski definition) is 2. The number of benzene rings is 2. The number of methoxy groups -OCH3 is 1. The summed E-state index contributed by atoms with van der Waals surface area (Å²) >= 11 is 6.01. The molecule has 138 valence electrons. The van der Waals surface area contributed by atoms with Crippen molar-refractivity contribution in [1.82, 2.24) is 9.97 Å². The van der Waals surface area contributed by atoms with Gasteiger partial charge in [-0.25, -0.2) is 9.97 Å². The quantitative estimate of drug-likeness (QED) is 0.664. The van der Waals surface area contributed by atoms with E-state index in [1.54, 1.807) is 31.2 Å². The number of halogens is 1. The SMILES string of the molecule is COc1ccc(Cl)cc1NC(=O)c1cc(NCc2ccccc2)nc(C)n1. The Morgan fingerprint density at radius 1 is 1.11 bits per heavy atom. The van der Waals surface area contributed by atoms with Gasteiger partial charge >= 0.3 is 0 Å². The molecular weight excluding hydrogens is 364 g/mol. The Morgan fingerprint density at radius 2 is 1.89 bits per heavy atom. The number of nitrogens with zero attached hydrogens (tertiary/aromatic N) is 2. The topological polar surface area (TPSA) is 76.1 Å². The predicted octanol–water partition coefficient (Wildman–Crippen LogP) is 4.31. The highest BCUT2D eigenvalue weighted by molar-refractivity contribution is 6.31. The van der Waals surface area contributed by atoms with Crippen LogP contribution in [0.5, 0.6) is 5.75 Å². The van der Waals surface area contributed by atoms with E-state index in [-0.39, 0.29) is 11.6 Å². The molecule has 0 saturated heterocycles. The Kier molecular flexibility index (Phi) is 5.88. The Morgan fingerprint density at radius 3 is 2.63 bits per heavy atom. The van der Waals surface area contributed by atoms with Gasteiger partial charge < -0.3 is 15.4 Å². The fourth-order valence-electron chi connectivity index (χ4n) is 2.53. The number of hydrogen-bond acceptors (Lipinski definition) is 5. The van der Waals surface area contributed by atoms with Crippen LogP contribution in [0.3, 0.4) is 0 Å². The molecule has 3 rings (SSSR count). The normalized spacial score (nSPS) is 10.3. The van der Waals surface area contributed by atoms with Gasteiger partial charge in [-0.3, -0.25) is 4.79 Å². The molecule has 0 aliphatic rings. The van der Waals surface area contributed by atoms with Crippen molar-refractivity contribution in [3.05, 3.63) is 76.7 Å². The minimum absolute atomic E-state index is 0.250. The molecule has 3 aromatic rings. The zero-order valence-electron chi connectivity index (χ0n) is 15.0. The van der Waals surface area contributed by atoms with Crippen LogP contribution < -0.4 is 15.4 Å². The van der Waals surface area contributed by atoms with Gasteiger partial charge in [0.05, 0.1) is 12.8 Å². The Labute approximate surface area is 162 Å². The van der Waals surface area contributed by atoms with Crippen molar-refractivity contribution in [3.8, 4) is 5.75 Å². The number of anilines is 2. The fraction of sp³-hybridized carbons (Fsp3) is 0.150. The Balaban J connectivity index is 1.77. The summed E-state index contributed by atoms with van der Waals surface area (Å²) in [5, 5.41) is 6.49. The van der Waals surface area contributed by atoms with Gasteiger partial charge in [0.2, 0.25) is 0 Å². The second-order valence-electron chi connectivity index (χ2n) is 5.82. The Bertz CT molecular complexity index is 948. The van der Waals surface area contributed by atoms with Gasteiger partial charge in [0.25, 0.3) is 5.91 Å². The molecule has 0 saturated carbocycles. The van der Waals surface area contributed by atoms with Crippen LogP contribution in [0.2, 0.25) is 5.02 Å².